The Balaban J connectivity index is 1.09. The van der Waals surface area contributed by atoms with Crippen LogP contribution in [0.4, 0.5) is 0 Å². The van der Waals surface area contributed by atoms with E-state index in [9.17, 15) is 0 Å². The van der Waals surface area contributed by atoms with E-state index in [0.717, 1.165) is 57.2 Å². The van der Waals surface area contributed by atoms with Crippen LogP contribution in [0.15, 0.2) is 156 Å². The predicted octanol–water partition coefficient (Wildman–Crippen LogP) is 13.8. The molecule has 0 radical (unpaired) electrons. The molecule has 57 heavy (non-hydrogen) atoms. The van der Waals surface area contributed by atoms with Crippen molar-refractivity contribution < 1.29 is 4.42 Å². The van der Waals surface area contributed by atoms with Crippen molar-refractivity contribution in [1.82, 2.24) is 15.0 Å². The summed E-state index contributed by atoms with van der Waals surface area (Å²) in [6.45, 7) is 9.25. The molecule has 0 saturated heterocycles. The largest absolute Gasteiger partial charge is 0.455 e. The number of furan rings is 1. The van der Waals surface area contributed by atoms with Gasteiger partial charge in [0.25, 0.3) is 0 Å². The Bertz CT molecular complexity index is 3080. The van der Waals surface area contributed by atoms with Gasteiger partial charge in [-0.25, -0.2) is 15.0 Å². The van der Waals surface area contributed by atoms with Gasteiger partial charge in [0.1, 0.15) is 11.2 Å². The topological polar surface area (TPSA) is 51.8 Å². The van der Waals surface area contributed by atoms with Gasteiger partial charge < -0.3 is 4.42 Å². The van der Waals surface area contributed by atoms with Crippen LogP contribution < -0.4 is 0 Å². The molecule has 0 atom stereocenters. The molecular weight excluding hydrogens is 695 g/mol. The normalized spacial score (nSPS) is 14.4. The monoisotopic (exact) mass is 735 g/mol. The summed E-state index contributed by atoms with van der Waals surface area (Å²) in [7, 11) is 0. The highest BCUT2D eigenvalue weighted by Gasteiger charge is 2.42. The summed E-state index contributed by atoms with van der Waals surface area (Å²) in [4.78, 5) is 15.6. The van der Waals surface area contributed by atoms with E-state index in [4.69, 9.17) is 19.4 Å². The first-order valence-corrected chi connectivity index (χ1v) is 20.2. The molecule has 0 amide bonds. The molecule has 2 aromatic heterocycles. The van der Waals surface area contributed by atoms with E-state index in [-0.39, 0.29) is 10.8 Å². The maximum absolute atomic E-state index is 6.86. The highest BCUT2D eigenvalue weighted by Crippen LogP contribution is 2.56. The molecule has 0 unspecified atom stereocenters. The Labute approximate surface area is 332 Å². The van der Waals surface area contributed by atoms with E-state index < -0.39 is 0 Å². The van der Waals surface area contributed by atoms with Gasteiger partial charge in [0.05, 0.1) is 0 Å². The molecule has 0 N–H and O–H groups in total. The van der Waals surface area contributed by atoms with Gasteiger partial charge in [0.2, 0.25) is 0 Å². The molecule has 0 saturated carbocycles. The second kappa shape index (κ2) is 12.4. The number of fused-ring (bicyclic) bond motifs is 10. The van der Waals surface area contributed by atoms with Gasteiger partial charge in [-0.2, -0.15) is 0 Å². The van der Waals surface area contributed by atoms with E-state index in [1.807, 2.05) is 18.2 Å². The van der Waals surface area contributed by atoms with Gasteiger partial charge in [-0.05, 0) is 75.0 Å². The molecule has 2 aliphatic carbocycles. The van der Waals surface area contributed by atoms with Crippen LogP contribution >= 0.6 is 0 Å². The number of hydrogen-bond acceptors (Lipinski definition) is 4. The van der Waals surface area contributed by atoms with Gasteiger partial charge in [0.15, 0.2) is 17.5 Å². The van der Waals surface area contributed by atoms with Crippen molar-refractivity contribution in [3.8, 4) is 67.5 Å². The lowest BCUT2D eigenvalue weighted by molar-refractivity contribution is 0.490. The Kier molecular flexibility index (Phi) is 7.34. The van der Waals surface area contributed by atoms with E-state index in [1.165, 1.54) is 49.9 Å². The number of rotatable bonds is 6. The molecule has 11 rings (SSSR count). The number of benzene rings is 7. The number of aromatic nitrogens is 3. The van der Waals surface area contributed by atoms with Crippen molar-refractivity contribution in [2.75, 3.05) is 0 Å². The second-order valence-corrected chi connectivity index (χ2v) is 16.1. The molecule has 0 spiro atoms. The molecule has 0 fully saturated rings. The molecule has 2 aliphatic rings. The Morgan fingerprint density at radius 2 is 1.04 bits per heavy atom. The summed E-state index contributed by atoms with van der Waals surface area (Å²) in [6, 6.07) is 54.1. The van der Waals surface area contributed by atoms with Crippen LogP contribution in [0.5, 0.6) is 0 Å². The van der Waals surface area contributed by atoms with Crippen molar-refractivity contribution >= 4 is 21.9 Å². The maximum atomic E-state index is 6.86. The van der Waals surface area contributed by atoms with Gasteiger partial charge >= 0.3 is 0 Å². The van der Waals surface area contributed by atoms with Gasteiger partial charge in [-0.15, -0.1) is 0 Å². The zero-order chi connectivity index (χ0) is 38.5. The smallest absolute Gasteiger partial charge is 0.164 e. The van der Waals surface area contributed by atoms with Gasteiger partial charge in [-0.1, -0.05) is 167 Å². The quantitative estimate of drug-likeness (QED) is 0.171. The third kappa shape index (κ3) is 4.77. The van der Waals surface area contributed by atoms with Crippen LogP contribution in [-0.2, 0) is 10.8 Å². The molecule has 7 aromatic carbocycles. The highest BCUT2D eigenvalue weighted by atomic mass is 16.3. The van der Waals surface area contributed by atoms with E-state index >= 15 is 0 Å². The average molecular weight is 736 g/mol. The van der Waals surface area contributed by atoms with E-state index in [0.29, 0.717) is 17.5 Å². The fourth-order valence-corrected chi connectivity index (χ4v) is 10.2. The van der Waals surface area contributed by atoms with Crippen LogP contribution in [0.1, 0.15) is 62.8 Å². The van der Waals surface area contributed by atoms with Crippen molar-refractivity contribution in [2.24, 2.45) is 0 Å². The number of nitrogens with zero attached hydrogens (tertiary/aromatic N) is 3. The molecular formula is C53H41N3O. The van der Waals surface area contributed by atoms with Crippen molar-refractivity contribution in [2.45, 2.75) is 51.4 Å². The maximum Gasteiger partial charge on any atom is 0.164 e. The fourth-order valence-electron chi connectivity index (χ4n) is 10.2. The van der Waals surface area contributed by atoms with Crippen LogP contribution in [0.2, 0.25) is 0 Å². The average Bonchev–Trinajstić information content (AvgIpc) is 3.87. The van der Waals surface area contributed by atoms with Crippen molar-refractivity contribution in [1.29, 1.82) is 0 Å². The van der Waals surface area contributed by atoms with Crippen molar-refractivity contribution in [3.63, 3.8) is 0 Å². The number of para-hydroxylation sites is 1. The third-order valence-electron chi connectivity index (χ3n) is 13.0. The minimum atomic E-state index is -0.134. The molecule has 274 valence electrons. The number of hydrogen-bond donors (Lipinski definition) is 0. The first-order chi connectivity index (χ1) is 27.9. The summed E-state index contributed by atoms with van der Waals surface area (Å²) in [5, 5.41) is 2.34. The van der Waals surface area contributed by atoms with Gasteiger partial charge in [0, 0.05) is 43.9 Å². The molecule has 9 aromatic rings. The summed E-state index contributed by atoms with van der Waals surface area (Å²) in [5.41, 5.74) is 17.2. The van der Waals surface area contributed by atoms with Crippen LogP contribution in [0, 0.1) is 0 Å². The molecule has 4 heteroatoms. The molecule has 2 heterocycles. The summed E-state index contributed by atoms with van der Waals surface area (Å²) >= 11 is 0. The molecule has 0 bridgehead atoms. The Morgan fingerprint density at radius 1 is 0.456 bits per heavy atom. The SMILES string of the molecule is CCC1(CC)c2ccccc2-c2c1ccc1oc3c(-c4cccc(-c5nc(-c6ccccc6)nc(-c6cccc7c6-c6ccccc6C7(C)C)n5)c4)cccc3c21. The fraction of sp³-hybridized carbons (Fsp3) is 0.151. The molecule has 4 nitrogen and oxygen atoms in total. The summed E-state index contributed by atoms with van der Waals surface area (Å²) in [5.74, 6) is 1.94. The van der Waals surface area contributed by atoms with E-state index in [2.05, 4.69) is 161 Å². The molecule has 0 aliphatic heterocycles. The second-order valence-electron chi connectivity index (χ2n) is 16.1. The van der Waals surface area contributed by atoms with Gasteiger partial charge in [-0.3, -0.25) is 0 Å². The van der Waals surface area contributed by atoms with Crippen molar-refractivity contribution in [3.05, 3.63) is 174 Å². The van der Waals surface area contributed by atoms with E-state index in [1.54, 1.807) is 0 Å². The first-order valence-electron chi connectivity index (χ1n) is 20.2. The standard InChI is InChI=1S/C53H41N3O/c1-5-53(6-2)41-27-13-11-22-37(41)46-43(53)29-30-44-47(46)38-24-15-23-35(48(38)57-44)33-19-14-20-34(31-33)50-54-49(32-17-8-7-9-18-32)55-51(56-50)39-25-16-28-42-45(39)36-21-10-12-26-40(36)52(42,3)4/h7-31H,5-6H2,1-4H3. The highest BCUT2D eigenvalue weighted by molar-refractivity contribution is 6.17. The first kappa shape index (κ1) is 33.7. The van der Waals surface area contributed by atoms with Crippen LogP contribution in [0.3, 0.4) is 0 Å². The zero-order valence-electron chi connectivity index (χ0n) is 32.6. The predicted molar refractivity (Wildman–Crippen MR) is 233 cm³/mol. The lowest BCUT2D eigenvalue weighted by Crippen LogP contribution is -2.22. The minimum absolute atomic E-state index is 0.00291. The lowest BCUT2D eigenvalue weighted by Gasteiger charge is -2.29. The summed E-state index contributed by atoms with van der Waals surface area (Å²) < 4.78 is 6.86. The lowest BCUT2D eigenvalue weighted by atomic mass is 9.74. The zero-order valence-corrected chi connectivity index (χ0v) is 32.6. The Morgan fingerprint density at radius 3 is 1.82 bits per heavy atom. The summed E-state index contributed by atoms with van der Waals surface area (Å²) in [6.07, 6.45) is 2.10. The third-order valence-corrected chi connectivity index (χ3v) is 13.0. The Hall–Kier alpha value is -6.65. The minimum Gasteiger partial charge on any atom is -0.455 e. The van der Waals surface area contributed by atoms with Crippen LogP contribution in [-0.4, -0.2) is 15.0 Å². The van der Waals surface area contributed by atoms with Crippen LogP contribution in [0.25, 0.3) is 89.5 Å².